The molecule has 0 bridgehead atoms. The molecule has 0 heterocycles. The van der Waals surface area contributed by atoms with Gasteiger partial charge in [-0.15, -0.1) is 0 Å². The van der Waals surface area contributed by atoms with E-state index in [1.807, 2.05) is 44.2 Å². The van der Waals surface area contributed by atoms with Gasteiger partial charge in [-0.1, -0.05) is 96.4 Å². The average molecular weight is 653 g/mol. The predicted molar refractivity (Wildman–Crippen MR) is 176 cm³/mol. The zero-order valence-electron chi connectivity index (χ0n) is 24.6. The molecule has 0 radical (unpaired) electrons. The Morgan fingerprint density at radius 3 is 2.11 bits per heavy atom. The summed E-state index contributed by atoms with van der Waals surface area (Å²) in [7, 11) is -4.20. The molecule has 4 aromatic rings. The molecule has 0 aliphatic carbocycles. The summed E-state index contributed by atoms with van der Waals surface area (Å²) < 4.78 is 29.2. The average Bonchev–Trinajstić information content (AvgIpc) is 3.02. The third-order valence-electron chi connectivity index (χ3n) is 7.12. The fourth-order valence-corrected chi connectivity index (χ4v) is 6.44. The Hall–Kier alpha value is -3.85. The Labute approximate surface area is 269 Å². The van der Waals surface area contributed by atoms with Crippen molar-refractivity contribution in [1.29, 1.82) is 0 Å². The SMILES string of the molecule is CCCNC(=O)[C@H](Cc1ccccc1)N(Cc1ccccc1Cl)C(=O)CN(c1ccc(Cl)cc1)S(=O)(=O)c1ccc(C)cc1. The summed E-state index contributed by atoms with van der Waals surface area (Å²) in [6.45, 7) is 3.67. The van der Waals surface area contributed by atoms with Crippen LogP contribution in [0.25, 0.3) is 0 Å². The summed E-state index contributed by atoms with van der Waals surface area (Å²) >= 11 is 12.6. The van der Waals surface area contributed by atoms with Crippen LogP contribution in [0.1, 0.15) is 30.0 Å². The number of halogens is 2. The summed E-state index contributed by atoms with van der Waals surface area (Å²) in [5, 5.41) is 3.78. The van der Waals surface area contributed by atoms with Crippen molar-refractivity contribution in [3.8, 4) is 0 Å². The molecule has 0 spiro atoms. The molecule has 0 aromatic heterocycles. The molecule has 7 nitrogen and oxygen atoms in total. The second kappa shape index (κ2) is 15.2. The van der Waals surface area contributed by atoms with Crippen molar-refractivity contribution in [2.45, 2.75) is 44.2 Å². The van der Waals surface area contributed by atoms with Gasteiger partial charge < -0.3 is 10.2 Å². The largest absolute Gasteiger partial charge is 0.354 e. The zero-order valence-corrected chi connectivity index (χ0v) is 26.9. The summed E-state index contributed by atoms with van der Waals surface area (Å²) in [6, 6.07) is 28.2. The van der Waals surface area contributed by atoms with E-state index < -0.39 is 28.5 Å². The van der Waals surface area contributed by atoms with Crippen molar-refractivity contribution >= 4 is 50.7 Å². The number of hydrogen-bond donors (Lipinski definition) is 1. The standard InChI is InChI=1S/C34H35Cl2N3O4S/c1-3-21-37-34(41)32(22-26-9-5-4-6-10-26)38(23-27-11-7-8-12-31(27)36)33(40)24-39(29-17-15-28(35)16-18-29)44(42,43)30-19-13-25(2)14-20-30/h4-20,32H,3,21-24H2,1-2H3,(H,37,41)/t32-/m0/s1. The number of amides is 2. The van der Waals surface area contributed by atoms with Crippen LogP contribution in [0.4, 0.5) is 5.69 Å². The number of sulfonamides is 1. The van der Waals surface area contributed by atoms with Crippen molar-refractivity contribution in [2.75, 3.05) is 17.4 Å². The first kappa shape index (κ1) is 33.1. The van der Waals surface area contributed by atoms with E-state index in [0.717, 1.165) is 15.4 Å². The van der Waals surface area contributed by atoms with Gasteiger partial charge in [0.2, 0.25) is 11.8 Å². The Bertz CT molecular complexity index is 1670. The molecular weight excluding hydrogens is 617 g/mol. The van der Waals surface area contributed by atoms with E-state index in [1.54, 1.807) is 60.7 Å². The normalized spacial score (nSPS) is 11.9. The van der Waals surface area contributed by atoms with Crippen LogP contribution >= 0.6 is 23.2 Å². The minimum Gasteiger partial charge on any atom is -0.354 e. The van der Waals surface area contributed by atoms with Gasteiger partial charge in [-0.3, -0.25) is 13.9 Å². The van der Waals surface area contributed by atoms with Crippen LogP contribution in [0.15, 0.2) is 108 Å². The lowest BCUT2D eigenvalue weighted by Gasteiger charge is -2.34. The Morgan fingerprint density at radius 2 is 1.48 bits per heavy atom. The summed E-state index contributed by atoms with van der Waals surface area (Å²) in [5.74, 6) is -0.904. The molecule has 4 aromatic carbocycles. The number of anilines is 1. The number of carbonyl (C=O) groups excluding carboxylic acids is 2. The van der Waals surface area contributed by atoms with Gasteiger partial charge in [0.1, 0.15) is 12.6 Å². The van der Waals surface area contributed by atoms with E-state index in [4.69, 9.17) is 23.2 Å². The molecule has 0 fully saturated rings. The van der Waals surface area contributed by atoms with Gasteiger partial charge in [-0.25, -0.2) is 8.42 Å². The minimum absolute atomic E-state index is 0.00537. The van der Waals surface area contributed by atoms with Crippen LogP contribution in [0.3, 0.4) is 0 Å². The quantitative estimate of drug-likeness (QED) is 0.175. The highest BCUT2D eigenvalue weighted by Gasteiger charge is 2.34. The molecule has 0 saturated carbocycles. The van der Waals surface area contributed by atoms with Gasteiger partial charge in [0, 0.05) is 29.6 Å². The molecule has 0 aliphatic rings. The monoisotopic (exact) mass is 651 g/mol. The first-order valence-corrected chi connectivity index (χ1v) is 16.5. The van der Waals surface area contributed by atoms with Crippen LogP contribution in [-0.2, 0) is 32.6 Å². The number of hydrogen-bond acceptors (Lipinski definition) is 4. The number of rotatable bonds is 13. The molecular formula is C34H35Cl2N3O4S. The van der Waals surface area contributed by atoms with Crippen molar-refractivity contribution in [2.24, 2.45) is 0 Å². The third kappa shape index (κ3) is 8.40. The number of aryl methyl sites for hydroxylation is 1. The predicted octanol–water partition coefficient (Wildman–Crippen LogP) is 6.66. The lowest BCUT2D eigenvalue weighted by atomic mass is 10.0. The molecule has 44 heavy (non-hydrogen) atoms. The second-order valence-corrected chi connectivity index (χ2v) is 13.1. The van der Waals surface area contributed by atoms with E-state index in [1.165, 1.54) is 17.0 Å². The molecule has 1 N–H and O–H groups in total. The molecule has 4 rings (SSSR count). The zero-order chi connectivity index (χ0) is 31.7. The second-order valence-electron chi connectivity index (χ2n) is 10.4. The summed E-state index contributed by atoms with van der Waals surface area (Å²) in [6.07, 6.45) is 0.930. The van der Waals surface area contributed by atoms with Gasteiger partial charge in [-0.05, 0) is 66.9 Å². The van der Waals surface area contributed by atoms with Gasteiger partial charge in [0.25, 0.3) is 10.0 Å². The maximum atomic E-state index is 14.4. The molecule has 0 unspecified atom stereocenters. The van der Waals surface area contributed by atoms with Crippen molar-refractivity contribution < 1.29 is 18.0 Å². The fraction of sp³-hybridized carbons (Fsp3) is 0.235. The highest BCUT2D eigenvalue weighted by molar-refractivity contribution is 7.92. The highest BCUT2D eigenvalue weighted by atomic mass is 35.5. The Kier molecular flexibility index (Phi) is 11.4. The number of carbonyl (C=O) groups is 2. The van der Waals surface area contributed by atoms with Gasteiger partial charge in [0.15, 0.2) is 0 Å². The maximum Gasteiger partial charge on any atom is 0.264 e. The molecule has 0 saturated heterocycles. The summed E-state index contributed by atoms with van der Waals surface area (Å²) in [4.78, 5) is 29.6. The molecule has 0 aliphatic heterocycles. The first-order chi connectivity index (χ1) is 21.1. The maximum absolute atomic E-state index is 14.4. The van der Waals surface area contributed by atoms with Gasteiger partial charge in [-0.2, -0.15) is 0 Å². The minimum atomic E-state index is -4.20. The number of nitrogens with one attached hydrogen (secondary N) is 1. The van der Waals surface area contributed by atoms with Crippen LogP contribution in [0.5, 0.6) is 0 Å². The summed E-state index contributed by atoms with van der Waals surface area (Å²) in [5.41, 5.74) is 2.63. The first-order valence-electron chi connectivity index (χ1n) is 14.3. The smallest absolute Gasteiger partial charge is 0.264 e. The number of benzene rings is 4. The van der Waals surface area contributed by atoms with Gasteiger partial charge >= 0.3 is 0 Å². The van der Waals surface area contributed by atoms with Crippen molar-refractivity contribution in [1.82, 2.24) is 10.2 Å². The number of nitrogens with zero attached hydrogens (tertiary/aromatic N) is 2. The van der Waals surface area contributed by atoms with Crippen LogP contribution in [-0.4, -0.2) is 44.3 Å². The lowest BCUT2D eigenvalue weighted by molar-refractivity contribution is -0.140. The highest BCUT2D eigenvalue weighted by Crippen LogP contribution is 2.27. The van der Waals surface area contributed by atoms with E-state index in [9.17, 15) is 18.0 Å². The van der Waals surface area contributed by atoms with Crippen molar-refractivity contribution in [3.05, 3.63) is 130 Å². The lowest BCUT2D eigenvalue weighted by Crippen LogP contribution is -2.53. The topological polar surface area (TPSA) is 86.8 Å². The van der Waals surface area contributed by atoms with Crippen LogP contribution in [0, 0.1) is 6.92 Å². The van der Waals surface area contributed by atoms with Gasteiger partial charge in [0.05, 0.1) is 10.6 Å². The van der Waals surface area contributed by atoms with E-state index in [2.05, 4.69) is 5.32 Å². The van der Waals surface area contributed by atoms with E-state index in [0.29, 0.717) is 28.6 Å². The fourth-order valence-electron chi connectivity index (χ4n) is 4.70. The molecule has 1 atom stereocenters. The Balaban J connectivity index is 1.80. The van der Waals surface area contributed by atoms with Crippen molar-refractivity contribution in [3.63, 3.8) is 0 Å². The van der Waals surface area contributed by atoms with E-state index >= 15 is 0 Å². The van der Waals surface area contributed by atoms with E-state index in [-0.39, 0.29) is 29.5 Å². The molecule has 10 heteroatoms. The van der Waals surface area contributed by atoms with Crippen LogP contribution < -0.4 is 9.62 Å². The molecule has 2 amide bonds. The third-order valence-corrected chi connectivity index (χ3v) is 9.53. The van der Waals surface area contributed by atoms with Crippen LogP contribution in [0.2, 0.25) is 10.0 Å². The molecule has 230 valence electrons. The Morgan fingerprint density at radius 1 is 0.841 bits per heavy atom.